The maximum Gasteiger partial charge on any atom is 0.238 e. The number of anilines is 1. The van der Waals surface area contributed by atoms with Crippen LogP contribution in [0.2, 0.25) is 0 Å². The highest BCUT2D eigenvalue weighted by molar-refractivity contribution is 8.00. The molecule has 1 saturated carbocycles. The van der Waals surface area contributed by atoms with Crippen LogP contribution in [-0.2, 0) is 4.79 Å². The Kier molecular flexibility index (Phi) is 5.66. The molecule has 2 atom stereocenters. The molecule has 4 rings (SSSR count). The summed E-state index contributed by atoms with van der Waals surface area (Å²) in [5, 5.41) is 16.6. The standard InChI is InChI=1S/C20H25N7OS/c1-4-13(2)27-17(9-11-22-27)23-19(28)14(3)29-20-25-24-18(26(20)16-7-8-16)15-6-5-10-21-12-15/h5-6,9-14,16H,4,7-8H2,1-3H3,(H,23,28)/t13-,14+/m1/s1. The number of carbonyl (C=O) groups excluding carboxylic acids is 1. The van der Waals surface area contributed by atoms with Gasteiger partial charge in [0.25, 0.3) is 0 Å². The predicted molar refractivity (Wildman–Crippen MR) is 113 cm³/mol. The number of nitrogens with one attached hydrogen (secondary N) is 1. The van der Waals surface area contributed by atoms with Crippen molar-refractivity contribution < 1.29 is 4.79 Å². The molecule has 8 nitrogen and oxygen atoms in total. The summed E-state index contributed by atoms with van der Waals surface area (Å²) in [5.74, 6) is 1.45. The van der Waals surface area contributed by atoms with Gasteiger partial charge in [0.15, 0.2) is 11.0 Å². The number of hydrogen-bond donors (Lipinski definition) is 1. The number of aromatic nitrogens is 6. The third-order valence-electron chi connectivity index (χ3n) is 5.08. The van der Waals surface area contributed by atoms with Gasteiger partial charge in [-0.05, 0) is 45.2 Å². The van der Waals surface area contributed by atoms with E-state index in [1.807, 2.05) is 29.8 Å². The zero-order chi connectivity index (χ0) is 20.4. The van der Waals surface area contributed by atoms with Crippen LogP contribution >= 0.6 is 11.8 Å². The molecule has 3 heterocycles. The Bertz CT molecular complexity index is 980. The second-order valence-electron chi connectivity index (χ2n) is 7.32. The summed E-state index contributed by atoms with van der Waals surface area (Å²) in [7, 11) is 0. The first-order valence-corrected chi connectivity index (χ1v) is 10.8. The van der Waals surface area contributed by atoms with Crippen LogP contribution in [0.25, 0.3) is 11.4 Å². The minimum atomic E-state index is -0.321. The lowest BCUT2D eigenvalue weighted by Gasteiger charge is -2.16. The molecule has 0 unspecified atom stereocenters. The largest absolute Gasteiger partial charge is 0.310 e. The van der Waals surface area contributed by atoms with Crippen molar-refractivity contribution in [1.29, 1.82) is 0 Å². The van der Waals surface area contributed by atoms with E-state index < -0.39 is 0 Å². The number of pyridine rings is 1. The van der Waals surface area contributed by atoms with Gasteiger partial charge in [-0.2, -0.15) is 5.10 Å². The highest BCUT2D eigenvalue weighted by Gasteiger charge is 2.31. The average molecular weight is 412 g/mol. The van der Waals surface area contributed by atoms with Crippen molar-refractivity contribution in [2.75, 3.05) is 5.32 Å². The number of rotatable bonds is 8. The maximum atomic E-state index is 12.8. The van der Waals surface area contributed by atoms with E-state index in [0.717, 1.165) is 41.6 Å². The van der Waals surface area contributed by atoms with Crippen molar-refractivity contribution in [3.8, 4) is 11.4 Å². The highest BCUT2D eigenvalue weighted by atomic mass is 32.2. The summed E-state index contributed by atoms with van der Waals surface area (Å²) in [6, 6.07) is 6.32. The molecular formula is C20H25N7OS. The van der Waals surface area contributed by atoms with E-state index in [4.69, 9.17) is 0 Å². The van der Waals surface area contributed by atoms with Crippen LogP contribution in [0.15, 0.2) is 41.9 Å². The van der Waals surface area contributed by atoms with E-state index in [1.165, 1.54) is 11.8 Å². The molecule has 1 aliphatic carbocycles. The van der Waals surface area contributed by atoms with Crippen LogP contribution in [0.1, 0.15) is 52.1 Å². The number of hydrogen-bond acceptors (Lipinski definition) is 6. The molecule has 1 aliphatic rings. The maximum absolute atomic E-state index is 12.8. The number of amides is 1. The molecule has 9 heteroatoms. The first kappa shape index (κ1) is 19.6. The first-order chi connectivity index (χ1) is 14.1. The topological polar surface area (TPSA) is 90.5 Å². The molecule has 1 N–H and O–H groups in total. The van der Waals surface area contributed by atoms with Crippen molar-refractivity contribution in [2.24, 2.45) is 0 Å². The Morgan fingerprint density at radius 1 is 1.28 bits per heavy atom. The number of carbonyl (C=O) groups is 1. The van der Waals surface area contributed by atoms with Gasteiger partial charge in [-0.3, -0.25) is 14.3 Å². The zero-order valence-electron chi connectivity index (χ0n) is 16.8. The monoisotopic (exact) mass is 411 g/mol. The van der Waals surface area contributed by atoms with Gasteiger partial charge in [0, 0.05) is 30.1 Å². The summed E-state index contributed by atoms with van der Waals surface area (Å²) in [6.07, 6.45) is 8.40. The molecule has 29 heavy (non-hydrogen) atoms. The molecule has 3 aromatic heterocycles. The molecule has 3 aromatic rings. The smallest absolute Gasteiger partial charge is 0.238 e. The minimum absolute atomic E-state index is 0.0756. The molecule has 0 bridgehead atoms. The van der Waals surface area contributed by atoms with Gasteiger partial charge in [-0.25, -0.2) is 4.68 Å². The predicted octanol–water partition coefficient (Wildman–Crippen LogP) is 3.96. The van der Waals surface area contributed by atoms with Crippen LogP contribution in [0.3, 0.4) is 0 Å². The Balaban J connectivity index is 1.50. The molecule has 0 aliphatic heterocycles. The summed E-state index contributed by atoms with van der Waals surface area (Å²) in [5.41, 5.74) is 0.938. The normalized spacial score (nSPS) is 15.8. The molecule has 1 fully saturated rings. The summed E-state index contributed by atoms with van der Waals surface area (Å²) < 4.78 is 4.00. The van der Waals surface area contributed by atoms with Gasteiger partial charge in [0.2, 0.25) is 5.91 Å². The van der Waals surface area contributed by atoms with Crippen LogP contribution < -0.4 is 5.32 Å². The number of nitrogens with zero attached hydrogens (tertiary/aromatic N) is 6. The van der Waals surface area contributed by atoms with Crippen LogP contribution in [-0.4, -0.2) is 40.7 Å². The second-order valence-corrected chi connectivity index (χ2v) is 8.62. The molecule has 0 radical (unpaired) electrons. The Labute approximate surface area is 174 Å². The van der Waals surface area contributed by atoms with Gasteiger partial charge in [0.05, 0.1) is 17.5 Å². The SMILES string of the molecule is CC[C@@H](C)n1nccc1NC(=O)[C@H](C)Sc1nnc(-c2cccnc2)n1C1CC1. The fraction of sp³-hybridized carbons (Fsp3) is 0.450. The molecule has 1 amide bonds. The number of thioether (sulfide) groups is 1. The Morgan fingerprint density at radius 2 is 2.10 bits per heavy atom. The van der Waals surface area contributed by atoms with E-state index in [0.29, 0.717) is 6.04 Å². The fourth-order valence-corrected chi connectivity index (χ4v) is 4.01. The van der Waals surface area contributed by atoms with Crippen LogP contribution in [0.4, 0.5) is 5.82 Å². The van der Waals surface area contributed by atoms with Crippen molar-refractivity contribution in [3.63, 3.8) is 0 Å². The lowest BCUT2D eigenvalue weighted by Crippen LogP contribution is -2.25. The van der Waals surface area contributed by atoms with Gasteiger partial charge >= 0.3 is 0 Å². The quantitative estimate of drug-likeness (QED) is 0.564. The zero-order valence-corrected chi connectivity index (χ0v) is 17.6. The summed E-state index contributed by atoms with van der Waals surface area (Å²) >= 11 is 1.43. The summed E-state index contributed by atoms with van der Waals surface area (Å²) in [6.45, 7) is 6.07. The Hall–Kier alpha value is -2.68. The minimum Gasteiger partial charge on any atom is -0.310 e. The van der Waals surface area contributed by atoms with Gasteiger partial charge in [0.1, 0.15) is 5.82 Å². The summed E-state index contributed by atoms with van der Waals surface area (Å²) in [4.78, 5) is 17.0. The third-order valence-corrected chi connectivity index (χ3v) is 6.13. The van der Waals surface area contributed by atoms with Crippen molar-refractivity contribution in [3.05, 3.63) is 36.8 Å². The van der Waals surface area contributed by atoms with Crippen molar-refractivity contribution in [2.45, 2.75) is 62.5 Å². The molecule has 152 valence electrons. The van der Waals surface area contributed by atoms with E-state index in [9.17, 15) is 4.79 Å². The van der Waals surface area contributed by atoms with E-state index >= 15 is 0 Å². The van der Waals surface area contributed by atoms with Crippen LogP contribution in [0.5, 0.6) is 0 Å². The highest BCUT2D eigenvalue weighted by Crippen LogP contribution is 2.41. The van der Waals surface area contributed by atoms with Gasteiger partial charge in [-0.1, -0.05) is 18.7 Å². The lowest BCUT2D eigenvalue weighted by atomic mass is 10.3. The van der Waals surface area contributed by atoms with E-state index in [-0.39, 0.29) is 17.2 Å². The molecule has 0 saturated heterocycles. The third kappa shape index (κ3) is 4.19. The Morgan fingerprint density at radius 3 is 2.79 bits per heavy atom. The molecule has 0 spiro atoms. The van der Waals surface area contributed by atoms with Gasteiger partial charge < -0.3 is 5.32 Å². The van der Waals surface area contributed by atoms with Crippen molar-refractivity contribution in [1.82, 2.24) is 29.5 Å². The second kappa shape index (κ2) is 8.36. The van der Waals surface area contributed by atoms with E-state index in [2.05, 4.69) is 44.0 Å². The lowest BCUT2D eigenvalue weighted by molar-refractivity contribution is -0.115. The van der Waals surface area contributed by atoms with Crippen LogP contribution in [0, 0.1) is 0 Å². The van der Waals surface area contributed by atoms with E-state index in [1.54, 1.807) is 18.6 Å². The van der Waals surface area contributed by atoms with Gasteiger partial charge in [-0.15, -0.1) is 10.2 Å². The van der Waals surface area contributed by atoms with Crippen molar-refractivity contribution >= 4 is 23.5 Å². The first-order valence-electron chi connectivity index (χ1n) is 9.94. The molecule has 0 aromatic carbocycles. The average Bonchev–Trinajstić information content (AvgIpc) is 3.33. The molecular weight excluding hydrogens is 386 g/mol. The fourth-order valence-electron chi connectivity index (χ4n) is 3.09.